The van der Waals surface area contributed by atoms with Gasteiger partial charge in [-0.3, -0.25) is 0 Å². The van der Waals surface area contributed by atoms with Gasteiger partial charge >= 0.3 is 0 Å². The van der Waals surface area contributed by atoms with Crippen LogP contribution in [0.1, 0.15) is 18.2 Å². The van der Waals surface area contributed by atoms with Crippen LogP contribution in [0.2, 0.25) is 5.02 Å². The smallest absolute Gasteiger partial charge is 0.224 e. The lowest BCUT2D eigenvalue weighted by Gasteiger charge is -2.08. The molecule has 0 unspecified atom stereocenters. The molecule has 2 heterocycles. The highest BCUT2D eigenvalue weighted by Crippen LogP contribution is 2.24. The summed E-state index contributed by atoms with van der Waals surface area (Å²) >= 11 is 11.2. The molecule has 0 saturated heterocycles. The maximum atomic E-state index is 6.08. The second-order valence-electron chi connectivity index (χ2n) is 3.88. The van der Waals surface area contributed by atoms with Gasteiger partial charge in [0.2, 0.25) is 5.95 Å². The van der Waals surface area contributed by atoms with E-state index in [0.29, 0.717) is 23.3 Å². The molecule has 0 aromatic carbocycles. The van der Waals surface area contributed by atoms with Crippen molar-refractivity contribution in [3.63, 3.8) is 0 Å². The lowest BCUT2D eigenvalue weighted by atomic mass is 10.4. The Bertz CT molecular complexity index is 546. The van der Waals surface area contributed by atoms with Crippen molar-refractivity contribution in [2.75, 3.05) is 17.2 Å². The highest BCUT2D eigenvalue weighted by Gasteiger charge is 2.05. The second-order valence-corrected chi connectivity index (χ2v) is 6.83. The monoisotopic (exact) mass is 360 g/mol. The van der Waals surface area contributed by atoms with Crippen LogP contribution in [0.5, 0.6) is 0 Å². The van der Waals surface area contributed by atoms with Crippen molar-refractivity contribution in [2.24, 2.45) is 0 Å². The van der Waals surface area contributed by atoms with Crippen LogP contribution in [0.4, 0.5) is 11.8 Å². The molecule has 0 aliphatic heterocycles. The fourth-order valence-electron chi connectivity index (χ4n) is 1.43. The van der Waals surface area contributed by atoms with E-state index < -0.39 is 0 Å². The highest BCUT2D eigenvalue weighted by molar-refractivity contribution is 9.11. The van der Waals surface area contributed by atoms with E-state index in [-0.39, 0.29) is 0 Å². The summed E-state index contributed by atoms with van der Waals surface area (Å²) in [6.07, 6.45) is 2.64. The molecule has 0 spiro atoms. The molecule has 0 aliphatic carbocycles. The summed E-state index contributed by atoms with van der Waals surface area (Å²) in [5, 5.41) is 6.89. The third kappa shape index (κ3) is 4.33. The largest absolute Gasteiger partial charge is 0.364 e. The molecule has 0 amide bonds. The zero-order chi connectivity index (χ0) is 13.7. The molecule has 0 atom stereocenters. The Hall–Kier alpha value is -0.850. The number of hydrogen-bond acceptors (Lipinski definition) is 5. The minimum Gasteiger partial charge on any atom is -0.364 e. The quantitative estimate of drug-likeness (QED) is 0.801. The molecule has 2 N–H and O–H groups in total. The van der Waals surface area contributed by atoms with Crippen LogP contribution in [0.25, 0.3) is 0 Å². The van der Waals surface area contributed by atoms with Gasteiger partial charge in [0.15, 0.2) is 5.82 Å². The topological polar surface area (TPSA) is 49.8 Å². The Kier molecular flexibility index (Phi) is 5.42. The maximum absolute atomic E-state index is 6.08. The van der Waals surface area contributed by atoms with Gasteiger partial charge in [0, 0.05) is 11.4 Å². The van der Waals surface area contributed by atoms with Gasteiger partial charge in [0.25, 0.3) is 0 Å². The molecule has 0 bridgehead atoms. The fourth-order valence-corrected chi connectivity index (χ4v) is 3.01. The van der Waals surface area contributed by atoms with E-state index in [1.165, 1.54) is 4.88 Å². The Morgan fingerprint density at radius 2 is 2.21 bits per heavy atom. The zero-order valence-electron chi connectivity index (χ0n) is 10.4. The first-order valence-electron chi connectivity index (χ1n) is 5.93. The van der Waals surface area contributed by atoms with Crippen molar-refractivity contribution in [3.05, 3.63) is 32.0 Å². The number of halogens is 2. The number of anilines is 2. The summed E-state index contributed by atoms with van der Waals surface area (Å²) in [5.74, 6) is 1.25. The predicted octanol–water partition coefficient (Wildman–Crippen LogP) is 4.39. The van der Waals surface area contributed by atoms with Crippen LogP contribution in [0.15, 0.2) is 22.1 Å². The van der Waals surface area contributed by atoms with Crippen LogP contribution in [0, 0.1) is 0 Å². The van der Waals surface area contributed by atoms with Crippen LogP contribution in [-0.2, 0) is 6.54 Å². The summed E-state index contributed by atoms with van der Waals surface area (Å²) in [5.41, 5.74) is 0. The van der Waals surface area contributed by atoms with E-state index in [9.17, 15) is 0 Å². The fraction of sp³-hybridized carbons (Fsp3) is 0.333. The Morgan fingerprint density at radius 1 is 1.37 bits per heavy atom. The van der Waals surface area contributed by atoms with E-state index in [2.05, 4.69) is 49.5 Å². The average molecular weight is 362 g/mol. The molecule has 4 nitrogen and oxygen atoms in total. The summed E-state index contributed by atoms with van der Waals surface area (Å²) in [6, 6.07) is 4.09. The number of aromatic nitrogens is 2. The van der Waals surface area contributed by atoms with Gasteiger partial charge < -0.3 is 10.6 Å². The van der Waals surface area contributed by atoms with Crippen LogP contribution >= 0.6 is 38.9 Å². The van der Waals surface area contributed by atoms with Crippen LogP contribution in [0.3, 0.4) is 0 Å². The van der Waals surface area contributed by atoms with Gasteiger partial charge in [-0.1, -0.05) is 18.5 Å². The van der Waals surface area contributed by atoms with Crippen molar-refractivity contribution in [1.82, 2.24) is 9.97 Å². The first kappa shape index (κ1) is 14.6. The Balaban J connectivity index is 2.02. The number of nitrogens with zero attached hydrogens (tertiary/aromatic N) is 2. The molecular formula is C12H14BrClN4S. The lowest BCUT2D eigenvalue weighted by molar-refractivity contribution is 0.951. The van der Waals surface area contributed by atoms with Crippen molar-refractivity contribution in [3.8, 4) is 0 Å². The highest BCUT2D eigenvalue weighted by atomic mass is 79.9. The number of rotatable bonds is 6. The summed E-state index contributed by atoms with van der Waals surface area (Å²) in [6.45, 7) is 3.63. The van der Waals surface area contributed by atoms with Gasteiger partial charge in [0.1, 0.15) is 5.02 Å². The third-order valence-corrected chi connectivity index (χ3v) is 4.24. The van der Waals surface area contributed by atoms with E-state index in [1.807, 2.05) is 6.07 Å². The SMILES string of the molecule is CCCNc1ncc(Cl)c(NCc2ccc(Br)s2)n1. The molecule has 0 fully saturated rings. The molecule has 0 aliphatic rings. The molecule has 2 rings (SSSR count). The van der Waals surface area contributed by atoms with Gasteiger partial charge in [-0.15, -0.1) is 11.3 Å². The number of nitrogens with one attached hydrogen (secondary N) is 2. The van der Waals surface area contributed by atoms with E-state index in [0.717, 1.165) is 16.8 Å². The van der Waals surface area contributed by atoms with E-state index >= 15 is 0 Å². The molecular weight excluding hydrogens is 348 g/mol. The molecule has 0 saturated carbocycles. The van der Waals surface area contributed by atoms with Crippen LogP contribution < -0.4 is 10.6 Å². The molecule has 19 heavy (non-hydrogen) atoms. The second kappa shape index (κ2) is 7.07. The molecule has 0 radical (unpaired) electrons. The minimum absolute atomic E-state index is 0.526. The first-order chi connectivity index (χ1) is 9.19. The standard InChI is InChI=1S/C12H14BrClN4S/c1-2-5-15-12-17-7-9(14)11(18-12)16-6-8-3-4-10(13)19-8/h3-4,7H,2,5-6H2,1H3,(H2,15,16,17,18). The average Bonchev–Trinajstić information content (AvgIpc) is 2.82. The normalized spacial score (nSPS) is 10.5. The predicted molar refractivity (Wildman–Crippen MR) is 85.2 cm³/mol. The maximum Gasteiger partial charge on any atom is 0.224 e. The summed E-state index contributed by atoms with van der Waals surface area (Å²) < 4.78 is 1.11. The van der Waals surface area contributed by atoms with Gasteiger partial charge in [-0.05, 0) is 34.5 Å². The Morgan fingerprint density at radius 3 is 2.89 bits per heavy atom. The zero-order valence-corrected chi connectivity index (χ0v) is 13.6. The van der Waals surface area contributed by atoms with E-state index in [4.69, 9.17) is 11.6 Å². The minimum atomic E-state index is 0.526. The van der Waals surface area contributed by atoms with Crippen molar-refractivity contribution < 1.29 is 0 Å². The van der Waals surface area contributed by atoms with Crippen molar-refractivity contribution >= 4 is 50.6 Å². The first-order valence-corrected chi connectivity index (χ1v) is 7.92. The molecule has 7 heteroatoms. The van der Waals surface area contributed by atoms with Gasteiger partial charge in [-0.25, -0.2) is 4.98 Å². The van der Waals surface area contributed by atoms with Crippen molar-refractivity contribution in [1.29, 1.82) is 0 Å². The Labute approximate surface area is 129 Å². The van der Waals surface area contributed by atoms with Gasteiger partial charge in [-0.2, -0.15) is 4.98 Å². The number of thiophene rings is 1. The van der Waals surface area contributed by atoms with Crippen LogP contribution in [-0.4, -0.2) is 16.5 Å². The van der Waals surface area contributed by atoms with Crippen molar-refractivity contribution in [2.45, 2.75) is 19.9 Å². The molecule has 2 aromatic rings. The van der Waals surface area contributed by atoms with Gasteiger partial charge in [0.05, 0.1) is 16.5 Å². The lowest BCUT2D eigenvalue weighted by Crippen LogP contribution is -2.07. The van der Waals surface area contributed by atoms with E-state index in [1.54, 1.807) is 17.5 Å². The molecule has 2 aromatic heterocycles. The molecule has 102 valence electrons. The summed E-state index contributed by atoms with van der Waals surface area (Å²) in [4.78, 5) is 9.71. The third-order valence-electron chi connectivity index (χ3n) is 2.34. The number of hydrogen-bond donors (Lipinski definition) is 2. The summed E-state index contributed by atoms with van der Waals surface area (Å²) in [7, 11) is 0.